The lowest BCUT2D eigenvalue weighted by atomic mass is 10.1. The average Bonchev–Trinajstić information content (AvgIpc) is 2.42. The van der Waals surface area contributed by atoms with E-state index in [1.807, 2.05) is 6.07 Å². The standard InChI is InChI=1S/C14H19N5O/c1-9-7-19(4-3-18(9)2)13-6-12-10(5-11(13)15)14(20)17-8-16-12/h5-6,8-9H,3-4,7,15H2,1-2H3,(H,16,17,20). The lowest BCUT2D eigenvalue weighted by Crippen LogP contribution is -2.50. The number of fused-ring (bicyclic) bond motifs is 1. The molecule has 2 heterocycles. The quantitative estimate of drug-likeness (QED) is 0.746. The molecule has 1 aromatic heterocycles. The first-order valence-electron chi connectivity index (χ1n) is 6.78. The molecule has 3 N–H and O–H groups in total. The first-order valence-corrected chi connectivity index (χ1v) is 6.78. The number of aromatic amines is 1. The average molecular weight is 273 g/mol. The van der Waals surface area contributed by atoms with E-state index in [0.717, 1.165) is 25.3 Å². The predicted molar refractivity (Wildman–Crippen MR) is 81.1 cm³/mol. The van der Waals surface area contributed by atoms with Crippen molar-refractivity contribution in [1.29, 1.82) is 0 Å². The summed E-state index contributed by atoms with van der Waals surface area (Å²) in [5, 5.41) is 0.538. The van der Waals surface area contributed by atoms with E-state index in [1.54, 1.807) is 6.07 Å². The Labute approximate surface area is 117 Å². The van der Waals surface area contributed by atoms with Crippen LogP contribution in [0.1, 0.15) is 6.92 Å². The molecule has 0 saturated carbocycles. The van der Waals surface area contributed by atoms with Crippen LogP contribution in [0.4, 0.5) is 11.4 Å². The second-order valence-corrected chi connectivity index (χ2v) is 5.44. The number of benzene rings is 1. The van der Waals surface area contributed by atoms with Crippen molar-refractivity contribution in [3.8, 4) is 0 Å². The van der Waals surface area contributed by atoms with Gasteiger partial charge in [0.2, 0.25) is 0 Å². The highest BCUT2D eigenvalue weighted by Crippen LogP contribution is 2.28. The summed E-state index contributed by atoms with van der Waals surface area (Å²) in [7, 11) is 2.13. The molecule has 1 aliphatic heterocycles. The van der Waals surface area contributed by atoms with Gasteiger partial charge in [0.1, 0.15) is 0 Å². The third-order valence-corrected chi connectivity index (χ3v) is 4.09. The number of nitrogens with one attached hydrogen (secondary N) is 1. The minimum Gasteiger partial charge on any atom is -0.397 e. The highest BCUT2D eigenvalue weighted by Gasteiger charge is 2.22. The zero-order valence-corrected chi connectivity index (χ0v) is 11.8. The number of H-pyrrole nitrogens is 1. The van der Waals surface area contributed by atoms with E-state index in [-0.39, 0.29) is 5.56 Å². The molecule has 1 unspecified atom stereocenters. The molecule has 1 fully saturated rings. The van der Waals surface area contributed by atoms with E-state index in [9.17, 15) is 4.79 Å². The Balaban J connectivity index is 2.04. The summed E-state index contributed by atoms with van der Waals surface area (Å²) in [6, 6.07) is 4.11. The molecule has 6 heteroatoms. The number of nitrogens with zero attached hydrogens (tertiary/aromatic N) is 3. The van der Waals surface area contributed by atoms with Crippen LogP contribution in [-0.2, 0) is 0 Å². The molecule has 0 aliphatic carbocycles. The molecule has 20 heavy (non-hydrogen) atoms. The van der Waals surface area contributed by atoms with Crippen LogP contribution in [0.15, 0.2) is 23.3 Å². The first kappa shape index (κ1) is 12.9. The molecule has 106 valence electrons. The topological polar surface area (TPSA) is 78.2 Å². The van der Waals surface area contributed by atoms with Crippen LogP contribution < -0.4 is 16.2 Å². The fraction of sp³-hybridized carbons (Fsp3) is 0.429. The Morgan fingerprint density at radius 2 is 2.20 bits per heavy atom. The summed E-state index contributed by atoms with van der Waals surface area (Å²) in [5.74, 6) is 0. The number of likely N-dealkylation sites (N-methyl/N-ethyl adjacent to an activating group) is 1. The third kappa shape index (κ3) is 2.12. The number of piperazine rings is 1. The number of rotatable bonds is 1. The molecule has 1 aliphatic rings. The van der Waals surface area contributed by atoms with Crippen molar-refractivity contribution >= 4 is 22.3 Å². The summed E-state index contributed by atoms with van der Waals surface area (Å²) in [6.45, 7) is 5.06. The van der Waals surface area contributed by atoms with Gasteiger partial charge in [-0.15, -0.1) is 0 Å². The van der Waals surface area contributed by atoms with E-state index in [4.69, 9.17) is 5.73 Å². The Kier molecular flexibility index (Phi) is 3.10. The second-order valence-electron chi connectivity index (χ2n) is 5.44. The van der Waals surface area contributed by atoms with Crippen molar-refractivity contribution in [1.82, 2.24) is 14.9 Å². The molecule has 1 aromatic carbocycles. The highest BCUT2D eigenvalue weighted by atomic mass is 16.1. The van der Waals surface area contributed by atoms with Crippen LogP contribution in [0, 0.1) is 0 Å². The van der Waals surface area contributed by atoms with E-state index < -0.39 is 0 Å². The van der Waals surface area contributed by atoms with Gasteiger partial charge in [-0.05, 0) is 26.1 Å². The Morgan fingerprint density at radius 1 is 1.40 bits per heavy atom. The predicted octanol–water partition coefficient (Wildman–Crippen LogP) is 0.646. The minimum absolute atomic E-state index is 0.153. The number of aromatic nitrogens is 2. The monoisotopic (exact) mass is 273 g/mol. The van der Waals surface area contributed by atoms with Crippen LogP contribution in [0.2, 0.25) is 0 Å². The molecule has 2 aromatic rings. The fourth-order valence-corrected chi connectivity index (χ4v) is 2.66. The molecule has 6 nitrogen and oxygen atoms in total. The van der Waals surface area contributed by atoms with E-state index >= 15 is 0 Å². The van der Waals surface area contributed by atoms with Gasteiger partial charge in [-0.3, -0.25) is 4.79 Å². The zero-order valence-electron chi connectivity index (χ0n) is 11.8. The summed E-state index contributed by atoms with van der Waals surface area (Å²) < 4.78 is 0. The van der Waals surface area contributed by atoms with Gasteiger partial charge in [0.25, 0.3) is 5.56 Å². The van der Waals surface area contributed by atoms with Crippen LogP contribution in [-0.4, -0.2) is 47.6 Å². The van der Waals surface area contributed by atoms with Gasteiger partial charge in [0.05, 0.1) is 28.6 Å². The van der Waals surface area contributed by atoms with Crippen molar-refractivity contribution in [2.75, 3.05) is 37.3 Å². The van der Waals surface area contributed by atoms with Crippen LogP contribution in [0.3, 0.4) is 0 Å². The zero-order chi connectivity index (χ0) is 14.3. The second kappa shape index (κ2) is 4.79. The number of hydrogen-bond donors (Lipinski definition) is 2. The third-order valence-electron chi connectivity index (χ3n) is 4.09. The van der Waals surface area contributed by atoms with Gasteiger partial charge in [0, 0.05) is 25.7 Å². The number of nitrogen functional groups attached to an aromatic ring is 1. The number of hydrogen-bond acceptors (Lipinski definition) is 5. The van der Waals surface area contributed by atoms with Gasteiger partial charge < -0.3 is 20.5 Å². The van der Waals surface area contributed by atoms with Crippen molar-refractivity contribution in [2.24, 2.45) is 0 Å². The Morgan fingerprint density at radius 3 is 2.95 bits per heavy atom. The maximum absolute atomic E-state index is 11.7. The molecule has 1 atom stereocenters. The largest absolute Gasteiger partial charge is 0.397 e. The van der Waals surface area contributed by atoms with Crippen LogP contribution >= 0.6 is 0 Å². The summed E-state index contributed by atoms with van der Waals surface area (Å²) in [4.78, 5) is 23.1. The van der Waals surface area contributed by atoms with E-state index in [0.29, 0.717) is 22.6 Å². The van der Waals surface area contributed by atoms with Gasteiger partial charge in [-0.2, -0.15) is 0 Å². The lowest BCUT2D eigenvalue weighted by Gasteiger charge is -2.39. The normalized spacial score (nSPS) is 20.5. The van der Waals surface area contributed by atoms with Crippen molar-refractivity contribution < 1.29 is 0 Å². The van der Waals surface area contributed by atoms with Gasteiger partial charge in [-0.25, -0.2) is 4.98 Å². The minimum atomic E-state index is -0.153. The Bertz CT molecular complexity index is 696. The van der Waals surface area contributed by atoms with Crippen LogP contribution in [0.25, 0.3) is 10.9 Å². The SMILES string of the molecule is CC1CN(c2cc3nc[nH]c(=O)c3cc2N)CCN1C. The molecular weight excluding hydrogens is 254 g/mol. The molecule has 0 radical (unpaired) electrons. The summed E-state index contributed by atoms with van der Waals surface area (Å²) in [6.07, 6.45) is 1.43. The fourth-order valence-electron chi connectivity index (χ4n) is 2.66. The lowest BCUT2D eigenvalue weighted by molar-refractivity contribution is 0.234. The molecule has 0 spiro atoms. The summed E-state index contributed by atoms with van der Waals surface area (Å²) in [5.41, 5.74) is 8.26. The highest BCUT2D eigenvalue weighted by molar-refractivity contribution is 5.88. The molecule has 0 bridgehead atoms. The van der Waals surface area contributed by atoms with E-state index in [2.05, 4.69) is 33.7 Å². The van der Waals surface area contributed by atoms with Crippen molar-refractivity contribution in [3.63, 3.8) is 0 Å². The van der Waals surface area contributed by atoms with Crippen LogP contribution in [0.5, 0.6) is 0 Å². The van der Waals surface area contributed by atoms with E-state index in [1.165, 1.54) is 6.33 Å². The van der Waals surface area contributed by atoms with Crippen molar-refractivity contribution in [2.45, 2.75) is 13.0 Å². The smallest absolute Gasteiger partial charge is 0.258 e. The van der Waals surface area contributed by atoms with Gasteiger partial charge in [-0.1, -0.05) is 0 Å². The molecule has 3 rings (SSSR count). The first-order chi connectivity index (χ1) is 9.56. The molecule has 1 saturated heterocycles. The maximum atomic E-state index is 11.7. The van der Waals surface area contributed by atoms with Crippen molar-refractivity contribution in [3.05, 3.63) is 28.8 Å². The number of anilines is 2. The molecule has 0 amide bonds. The molecular formula is C14H19N5O. The van der Waals surface area contributed by atoms with Gasteiger partial charge >= 0.3 is 0 Å². The summed E-state index contributed by atoms with van der Waals surface area (Å²) >= 11 is 0. The number of nitrogens with two attached hydrogens (primary N) is 1. The Hall–Kier alpha value is -2.08. The maximum Gasteiger partial charge on any atom is 0.258 e. The van der Waals surface area contributed by atoms with Gasteiger partial charge in [0.15, 0.2) is 0 Å².